The van der Waals surface area contributed by atoms with Gasteiger partial charge >= 0.3 is 11.9 Å². The Morgan fingerprint density at radius 2 is 1.75 bits per heavy atom. The zero-order chi connectivity index (χ0) is 11.7. The van der Waals surface area contributed by atoms with Gasteiger partial charge in [0, 0.05) is 0 Å². The van der Waals surface area contributed by atoms with E-state index in [4.69, 9.17) is 4.74 Å². The van der Waals surface area contributed by atoms with Crippen LogP contribution in [0.3, 0.4) is 0 Å². The molecule has 0 heterocycles. The minimum absolute atomic E-state index is 0.0246. The Bertz CT molecular complexity index is 279. The lowest BCUT2D eigenvalue weighted by molar-refractivity contribution is -0.162. The summed E-state index contributed by atoms with van der Waals surface area (Å²) in [6.07, 6.45) is 4.30. The third-order valence-electron chi connectivity index (χ3n) is 3.52. The average molecular weight is 226 g/mol. The minimum Gasteiger partial charge on any atom is -0.481 e. The van der Waals surface area contributed by atoms with Crippen molar-refractivity contribution < 1.29 is 19.4 Å². The second kappa shape index (κ2) is 4.44. The molecular weight excluding hydrogens is 208 g/mol. The second-order valence-corrected chi connectivity index (χ2v) is 4.82. The van der Waals surface area contributed by atoms with Crippen molar-refractivity contribution >= 4 is 11.9 Å². The van der Waals surface area contributed by atoms with Gasteiger partial charge in [0.15, 0.2) is 5.92 Å². The van der Waals surface area contributed by atoms with Crippen molar-refractivity contribution in [2.24, 2.45) is 23.7 Å². The fraction of sp³-hybridized carbons (Fsp3) is 0.833. The Morgan fingerprint density at radius 3 is 2.06 bits per heavy atom. The van der Waals surface area contributed by atoms with Crippen LogP contribution >= 0.6 is 0 Å². The van der Waals surface area contributed by atoms with Gasteiger partial charge in [0.1, 0.15) is 0 Å². The molecule has 0 bridgehead atoms. The first kappa shape index (κ1) is 11.4. The molecule has 0 aromatic rings. The lowest BCUT2D eigenvalue weighted by Crippen LogP contribution is -2.35. The summed E-state index contributed by atoms with van der Waals surface area (Å²) in [5.41, 5.74) is 0. The van der Waals surface area contributed by atoms with Crippen LogP contribution in [0.15, 0.2) is 0 Å². The molecule has 0 spiro atoms. The molecule has 0 radical (unpaired) electrons. The summed E-state index contributed by atoms with van der Waals surface area (Å²) >= 11 is 0. The maximum Gasteiger partial charge on any atom is 0.320 e. The molecule has 2 fully saturated rings. The van der Waals surface area contributed by atoms with Crippen LogP contribution < -0.4 is 0 Å². The van der Waals surface area contributed by atoms with Crippen LogP contribution in [-0.2, 0) is 14.3 Å². The van der Waals surface area contributed by atoms with E-state index in [0.717, 1.165) is 25.7 Å². The smallest absolute Gasteiger partial charge is 0.320 e. The summed E-state index contributed by atoms with van der Waals surface area (Å²) in [5, 5.41) is 9.19. The fourth-order valence-electron chi connectivity index (χ4n) is 2.55. The quantitative estimate of drug-likeness (QED) is 0.553. The lowest BCUT2D eigenvalue weighted by Gasteiger charge is -2.21. The molecule has 90 valence electrons. The Hall–Kier alpha value is -1.06. The van der Waals surface area contributed by atoms with E-state index in [2.05, 4.69) is 0 Å². The molecule has 4 heteroatoms. The van der Waals surface area contributed by atoms with Crippen molar-refractivity contribution in [2.45, 2.75) is 32.6 Å². The van der Waals surface area contributed by atoms with E-state index in [9.17, 15) is 14.7 Å². The van der Waals surface area contributed by atoms with Crippen molar-refractivity contribution in [1.29, 1.82) is 0 Å². The molecule has 0 saturated heterocycles. The highest BCUT2D eigenvalue weighted by molar-refractivity contribution is 5.94. The first-order valence-electron chi connectivity index (χ1n) is 6.04. The number of carbonyl (C=O) groups excluding carboxylic acids is 1. The lowest BCUT2D eigenvalue weighted by atomic mass is 9.84. The number of hydrogen-bond donors (Lipinski definition) is 1. The van der Waals surface area contributed by atoms with Gasteiger partial charge in [-0.2, -0.15) is 0 Å². The number of carboxylic acids is 1. The first-order valence-corrected chi connectivity index (χ1v) is 6.04. The standard InChI is InChI=1S/C12H18O4/c1-2-16-12(15)10(11(13)14)9(7-3-4-7)8-5-6-8/h7-10H,2-6H2,1H3,(H,13,14). The van der Waals surface area contributed by atoms with E-state index in [0.29, 0.717) is 11.8 Å². The molecule has 1 N–H and O–H groups in total. The van der Waals surface area contributed by atoms with Crippen molar-refractivity contribution in [1.82, 2.24) is 0 Å². The Labute approximate surface area is 95.0 Å². The highest BCUT2D eigenvalue weighted by Crippen LogP contribution is 2.52. The SMILES string of the molecule is CCOC(=O)C(C(=O)O)C(C1CC1)C1CC1. The van der Waals surface area contributed by atoms with Crippen LogP contribution in [-0.4, -0.2) is 23.7 Å². The molecular formula is C12H18O4. The van der Waals surface area contributed by atoms with Crippen LogP contribution in [0, 0.1) is 23.7 Å². The average Bonchev–Trinajstić information content (AvgIpc) is 3.07. The van der Waals surface area contributed by atoms with Gasteiger partial charge in [0.05, 0.1) is 6.61 Å². The topological polar surface area (TPSA) is 63.6 Å². The summed E-state index contributed by atoms with van der Waals surface area (Å²) in [6.45, 7) is 1.96. The van der Waals surface area contributed by atoms with E-state index in [1.54, 1.807) is 6.92 Å². The molecule has 0 aromatic carbocycles. The Balaban J connectivity index is 2.09. The molecule has 1 unspecified atom stereocenters. The van der Waals surface area contributed by atoms with Gasteiger partial charge in [-0.05, 0) is 50.4 Å². The summed E-state index contributed by atoms with van der Waals surface area (Å²) in [7, 11) is 0. The van der Waals surface area contributed by atoms with E-state index in [1.165, 1.54) is 0 Å². The number of carbonyl (C=O) groups is 2. The van der Waals surface area contributed by atoms with E-state index in [-0.39, 0.29) is 12.5 Å². The molecule has 4 nitrogen and oxygen atoms in total. The number of hydrogen-bond acceptors (Lipinski definition) is 3. The van der Waals surface area contributed by atoms with Gasteiger partial charge in [0.25, 0.3) is 0 Å². The van der Waals surface area contributed by atoms with Crippen molar-refractivity contribution in [3.8, 4) is 0 Å². The molecule has 16 heavy (non-hydrogen) atoms. The molecule has 2 saturated carbocycles. The normalized spacial score (nSPS) is 21.9. The fourth-order valence-corrected chi connectivity index (χ4v) is 2.55. The van der Waals surface area contributed by atoms with Crippen LogP contribution in [0.25, 0.3) is 0 Å². The van der Waals surface area contributed by atoms with Gasteiger partial charge in [-0.1, -0.05) is 0 Å². The minimum atomic E-state index is -1.01. The first-order chi connectivity index (χ1) is 7.65. The maximum atomic E-state index is 11.7. The zero-order valence-electron chi connectivity index (χ0n) is 9.52. The van der Waals surface area contributed by atoms with Gasteiger partial charge < -0.3 is 9.84 Å². The number of carboxylic acid groups (broad SMARTS) is 1. The van der Waals surface area contributed by atoms with E-state index < -0.39 is 17.9 Å². The predicted molar refractivity (Wildman–Crippen MR) is 56.7 cm³/mol. The van der Waals surface area contributed by atoms with Crippen LogP contribution in [0.4, 0.5) is 0 Å². The maximum absolute atomic E-state index is 11.7. The summed E-state index contributed by atoms with van der Waals surface area (Å²) in [6, 6.07) is 0. The Kier molecular flexibility index (Phi) is 3.17. The number of esters is 1. The van der Waals surface area contributed by atoms with Gasteiger partial charge in [0.2, 0.25) is 0 Å². The molecule has 1 atom stereocenters. The molecule has 0 aromatic heterocycles. The largest absolute Gasteiger partial charge is 0.481 e. The molecule has 0 amide bonds. The Morgan fingerprint density at radius 1 is 1.25 bits per heavy atom. The van der Waals surface area contributed by atoms with Gasteiger partial charge in [-0.3, -0.25) is 9.59 Å². The van der Waals surface area contributed by atoms with Crippen molar-refractivity contribution in [2.75, 3.05) is 6.61 Å². The molecule has 2 aliphatic rings. The van der Waals surface area contributed by atoms with Crippen LogP contribution in [0.1, 0.15) is 32.6 Å². The van der Waals surface area contributed by atoms with Gasteiger partial charge in [-0.15, -0.1) is 0 Å². The predicted octanol–water partition coefficient (Wildman–Crippen LogP) is 1.69. The number of aliphatic carboxylic acids is 1. The van der Waals surface area contributed by atoms with Gasteiger partial charge in [-0.25, -0.2) is 0 Å². The molecule has 0 aliphatic heterocycles. The highest BCUT2D eigenvalue weighted by atomic mass is 16.5. The van der Waals surface area contributed by atoms with E-state index >= 15 is 0 Å². The number of ether oxygens (including phenoxy) is 1. The number of rotatable bonds is 6. The van der Waals surface area contributed by atoms with Crippen LogP contribution in [0.2, 0.25) is 0 Å². The monoisotopic (exact) mass is 226 g/mol. The summed E-state index contributed by atoms with van der Waals surface area (Å²) in [5.74, 6) is -1.58. The third-order valence-corrected chi connectivity index (χ3v) is 3.52. The van der Waals surface area contributed by atoms with E-state index in [1.807, 2.05) is 0 Å². The summed E-state index contributed by atoms with van der Waals surface area (Å²) in [4.78, 5) is 22.9. The zero-order valence-corrected chi connectivity index (χ0v) is 9.52. The second-order valence-electron chi connectivity index (χ2n) is 4.82. The van der Waals surface area contributed by atoms with Crippen LogP contribution in [0.5, 0.6) is 0 Å². The summed E-state index contributed by atoms with van der Waals surface area (Å²) < 4.78 is 4.88. The third kappa shape index (κ3) is 2.36. The molecule has 2 aliphatic carbocycles. The highest BCUT2D eigenvalue weighted by Gasteiger charge is 2.51. The van der Waals surface area contributed by atoms with Crippen molar-refractivity contribution in [3.63, 3.8) is 0 Å². The van der Waals surface area contributed by atoms with Crippen molar-refractivity contribution in [3.05, 3.63) is 0 Å². The molecule has 2 rings (SSSR count).